The summed E-state index contributed by atoms with van der Waals surface area (Å²) >= 11 is 12.0. The quantitative estimate of drug-likeness (QED) is 0.711. The molecule has 26 heavy (non-hydrogen) atoms. The highest BCUT2D eigenvalue weighted by Crippen LogP contribution is 2.27. The van der Waals surface area contributed by atoms with Gasteiger partial charge in [0.15, 0.2) is 0 Å². The van der Waals surface area contributed by atoms with Crippen LogP contribution >= 0.6 is 23.2 Å². The molecule has 0 atom stereocenters. The third kappa shape index (κ3) is 4.00. The van der Waals surface area contributed by atoms with E-state index in [1.807, 2.05) is 20.8 Å². The first kappa shape index (κ1) is 18.3. The number of halogens is 2. The monoisotopic (exact) mass is 391 g/mol. The largest absolute Gasteiger partial charge is 0.407 e. The number of nitrogens with zero attached hydrogens (tertiary/aromatic N) is 4. The first-order valence-electron chi connectivity index (χ1n) is 7.67. The number of hydrogen-bond acceptors (Lipinski definition) is 6. The third-order valence-corrected chi connectivity index (χ3v) is 4.14. The lowest BCUT2D eigenvalue weighted by Gasteiger charge is -2.10. The van der Waals surface area contributed by atoms with Crippen LogP contribution in [0.4, 0.5) is 6.01 Å². The van der Waals surface area contributed by atoms with Crippen molar-refractivity contribution >= 4 is 35.1 Å². The average molecular weight is 392 g/mol. The molecular formula is C17H15Cl2N5O2. The second kappa shape index (κ2) is 7.01. The summed E-state index contributed by atoms with van der Waals surface area (Å²) in [4.78, 5) is 20.5. The number of benzene rings is 1. The summed E-state index contributed by atoms with van der Waals surface area (Å²) in [5.74, 6) is -0.0650. The van der Waals surface area contributed by atoms with E-state index < -0.39 is 5.91 Å². The topological polar surface area (TPSA) is 93.8 Å². The van der Waals surface area contributed by atoms with E-state index in [1.165, 1.54) is 12.4 Å². The Balaban J connectivity index is 1.82. The van der Waals surface area contributed by atoms with Crippen LogP contribution in [0.1, 0.15) is 37.2 Å². The Hall–Kier alpha value is -2.51. The van der Waals surface area contributed by atoms with Crippen LogP contribution in [0.5, 0.6) is 0 Å². The maximum atomic E-state index is 12.4. The Morgan fingerprint density at radius 1 is 1.08 bits per heavy atom. The van der Waals surface area contributed by atoms with E-state index in [2.05, 4.69) is 25.5 Å². The molecular weight excluding hydrogens is 377 g/mol. The first-order chi connectivity index (χ1) is 12.2. The molecule has 0 aliphatic carbocycles. The standard InChI is InChI=1S/C17H15Cl2N5O2/c1-17(2,3)15-23-24-16(26-15)22-14(25)13-7-12(20-8-21-13)9-4-5-10(18)11(19)6-9/h4-8H,1-3H3,(H,22,24,25). The maximum absolute atomic E-state index is 12.4. The van der Waals surface area contributed by atoms with Gasteiger partial charge in [-0.15, -0.1) is 5.10 Å². The van der Waals surface area contributed by atoms with E-state index in [0.29, 0.717) is 27.2 Å². The predicted molar refractivity (Wildman–Crippen MR) is 98.4 cm³/mol. The van der Waals surface area contributed by atoms with Crippen molar-refractivity contribution in [2.24, 2.45) is 0 Å². The highest BCUT2D eigenvalue weighted by atomic mass is 35.5. The van der Waals surface area contributed by atoms with Crippen molar-refractivity contribution in [2.45, 2.75) is 26.2 Å². The Bertz CT molecular complexity index is 966. The molecule has 0 fully saturated rings. The molecule has 1 amide bonds. The normalized spacial score (nSPS) is 11.4. The van der Waals surface area contributed by atoms with Crippen LogP contribution in [-0.2, 0) is 5.41 Å². The number of nitrogens with one attached hydrogen (secondary N) is 1. The third-order valence-electron chi connectivity index (χ3n) is 3.40. The number of anilines is 1. The van der Waals surface area contributed by atoms with Crippen LogP contribution < -0.4 is 5.32 Å². The molecule has 3 rings (SSSR count). The molecule has 7 nitrogen and oxygen atoms in total. The zero-order valence-electron chi connectivity index (χ0n) is 14.2. The Labute approximate surface area is 159 Å². The van der Waals surface area contributed by atoms with E-state index in [-0.39, 0.29) is 17.1 Å². The van der Waals surface area contributed by atoms with Gasteiger partial charge in [0.25, 0.3) is 5.91 Å². The molecule has 0 bridgehead atoms. The molecule has 2 aromatic heterocycles. The van der Waals surface area contributed by atoms with E-state index in [1.54, 1.807) is 18.2 Å². The highest BCUT2D eigenvalue weighted by Gasteiger charge is 2.22. The van der Waals surface area contributed by atoms with Crippen molar-refractivity contribution in [3.8, 4) is 11.3 Å². The van der Waals surface area contributed by atoms with Gasteiger partial charge in [-0.2, -0.15) is 0 Å². The number of rotatable bonds is 3. The van der Waals surface area contributed by atoms with Crippen LogP contribution in [0.3, 0.4) is 0 Å². The van der Waals surface area contributed by atoms with Gasteiger partial charge in [-0.25, -0.2) is 9.97 Å². The van der Waals surface area contributed by atoms with Gasteiger partial charge in [0, 0.05) is 11.0 Å². The van der Waals surface area contributed by atoms with Gasteiger partial charge in [0.2, 0.25) is 5.89 Å². The Morgan fingerprint density at radius 3 is 2.50 bits per heavy atom. The van der Waals surface area contributed by atoms with Crippen LogP contribution in [0, 0.1) is 0 Å². The van der Waals surface area contributed by atoms with Gasteiger partial charge in [-0.05, 0) is 18.2 Å². The lowest BCUT2D eigenvalue weighted by molar-refractivity contribution is 0.101. The van der Waals surface area contributed by atoms with Crippen LogP contribution in [0.2, 0.25) is 10.0 Å². The molecule has 1 N–H and O–H groups in total. The summed E-state index contributed by atoms with van der Waals surface area (Å²) in [6, 6.07) is 6.63. The minimum atomic E-state index is -0.488. The van der Waals surface area contributed by atoms with Crippen molar-refractivity contribution < 1.29 is 9.21 Å². The molecule has 0 saturated heterocycles. The summed E-state index contributed by atoms with van der Waals surface area (Å²) in [6.07, 6.45) is 1.29. The van der Waals surface area contributed by atoms with Gasteiger partial charge in [-0.1, -0.05) is 55.1 Å². The highest BCUT2D eigenvalue weighted by molar-refractivity contribution is 6.42. The number of hydrogen-bond donors (Lipinski definition) is 1. The maximum Gasteiger partial charge on any atom is 0.322 e. The molecule has 0 spiro atoms. The SMILES string of the molecule is CC(C)(C)c1nnc(NC(=O)c2cc(-c3ccc(Cl)c(Cl)c3)ncn2)o1. The van der Waals surface area contributed by atoms with Crippen molar-refractivity contribution in [2.75, 3.05) is 5.32 Å². The average Bonchev–Trinajstić information content (AvgIpc) is 3.06. The molecule has 0 saturated carbocycles. The zero-order chi connectivity index (χ0) is 18.9. The van der Waals surface area contributed by atoms with Crippen molar-refractivity contribution in [3.63, 3.8) is 0 Å². The number of carbonyl (C=O) groups excluding carboxylic acids is 1. The fraction of sp³-hybridized carbons (Fsp3) is 0.235. The van der Waals surface area contributed by atoms with Crippen molar-refractivity contribution in [1.29, 1.82) is 0 Å². The van der Waals surface area contributed by atoms with Crippen LogP contribution in [-0.4, -0.2) is 26.1 Å². The van der Waals surface area contributed by atoms with E-state index in [4.69, 9.17) is 27.6 Å². The van der Waals surface area contributed by atoms with Gasteiger partial charge < -0.3 is 4.42 Å². The second-order valence-electron chi connectivity index (χ2n) is 6.53. The zero-order valence-corrected chi connectivity index (χ0v) is 15.8. The summed E-state index contributed by atoms with van der Waals surface area (Å²) in [7, 11) is 0. The summed E-state index contributed by atoms with van der Waals surface area (Å²) in [5.41, 5.74) is 1.08. The summed E-state index contributed by atoms with van der Waals surface area (Å²) in [6.45, 7) is 5.79. The predicted octanol–water partition coefficient (Wildman–Crippen LogP) is 4.38. The van der Waals surface area contributed by atoms with E-state index in [9.17, 15) is 4.79 Å². The van der Waals surface area contributed by atoms with Gasteiger partial charge in [0.1, 0.15) is 12.0 Å². The minimum Gasteiger partial charge on any atom is -0.407 e. The minimum absolute atomic E-state index is 0.00891. The molecule has 134 valence electrons. The lowest BCUT2D eigenvalue weighted by atomic mass is 9.97. The molecule has 9 heteroatoms. The second-order valence-corrected chi connectivity index (χ2v) is 7.35. The van der Waals surface area contributed by atoms with Crippen molar-refractivity contribution in [1.82, 2.24) is 20.2 Å². The van der Waals surface area contributed by atoms with Gasteiger partial charge >= 0.3 is 6.01 Å². The van der Waals surface area contributed by atoms with E-state index >= 15 is 0 Å². The fourth-order valence-electron chi connectivity index (χ4n) is 2.03. The lowest BCUT2D eigenvalue weighted by Crippen LogP contribution is -2.14. The molecule has 0 aliphatic heterocycles. The number of carbonyl (C=O) groups is 1. The molecule has 2 heterocycles. The molecule has 3 aromatic rings. The first-order valence-corrected chi connectivity index (χ1v) is 8.42. The Kier molecular flexibility index (Phi) is 4.93. The molecule has 1 aromatic carbocycles. The van der Waals surface area contributed by atoms with Gasteiger partial charge in [-0.3, -0.25) is 10.1 Å². The Morgan fingerprint density at radius 2 is 1.85 bits per heavy atom. The van der Waals surface area contributed by atoms with E-state index in [0.717, 1.165) is 0 Å². The summed E-state index contributed by atoms with van der Waals surface area (Å²) in [5, 5.41) is 11.1. The smallest absolute Gasteiger partial charge is 0.322 e. The van der Waals surface area contributed by atoms with Crippen molar-refractivity contribution in [3.05, 3.63) is 52.2 Å². The molecule has 0 unspecified atom stereocenters. The van der Waals surface area contributed by atoms with Gasteiger partial charge in [0.05, 0.1) is 15.7 Å². The fourth-order valence-corrected chi connectivity index (χ4v) is 2.33. The van der Waals surface area contributed by atoms with Crippen LogP contribution in [0.25, 0.3) is 11.3 Å². The van der Waals surface area contributed by atoms with Crippen LogP contribution in [0.15, 0.2) is 35.0 Å². The number of aromatic nitrogens is 4. The summed E-state index contributed by atoms with van der Waals surface area (Å²) < 4.78 is 5.45. The number of amides is 1. The molecule has 0 radical (unpaired) electrons. The molecule has 0 aliphatic rings.